The molecule has 1 atom stereocenters. The molecule has 0 saturated heterocycles. The van der Waals surface area contributed by atoms with Gasteiger partial charge in [0.1, 0.15) is 11.3 Å². The zero-order valence-corrected chi connectivity index (χ0v) is 18.8. The number of aromatic nitrogens is 3. The number of ether oxygens (including phenoxy) is 1. The van der Waals surface area contributed by atoms with Crippen LogP contribution in [0.3, 0.4) is 0 Å². The van der Waals surface area contributed by atoms with Crippen LogP contribution in [0.15, 0.2) is 35.5 Å². The van der Waals surface area contributed by atoms with Gasteiger partial charge in [0.2, 0.25) is 0 Å². The molecule has 0 spiro atoms. The van der Waals surface area contributed by atoms with Crippen LogP contribution in [0, 0.1) is 5.92 Å². The van der Waals surface area contributed by atoms with Crippen molar-refractivity contribution in [1.82, 2.24) is 14.3 Å². The summed E-state index contributed by atoms with van der Waals surface area (Å²) in [5.74, 6) is -0.0799. The molecule has 1 unspecified atom stereocenters. The summed E-state index contributed by atoms with van der Waals surface area (Å²) in [5.41, 5.74) is 5.46. The second kappa shape index (κ2) is 7.36. The van der Waals surface area contributed by atoms with Crippen molar-refractivity contribution in [3.63, 3.8) is 0 Å². The first-order chi connectivity index (χ1) is 15.3. The van der Waals surface area contributed by atoms with Crippen molar-refractivity contribution in [1.29, 1.82) is 0 Å². The van der Waals surface area contributed by atoms with Gasteiger partial charge in [-0.25, -0.2) is 4.79 Å². The van der Waals surface area contributed by atoms with E-state index in [0.29, 0.717) is 6.61 Å². The minimum absolute atomic E-state index is 0.0582. The SMILES string of the molecule is CC(C)C1Cc2cc(-c3cnn(C(C)C)c3)c3c(c2-c2cc(=O)c(C(=O)O)cn21)CCO3. The van der Waals surface area contributed by atoms with Crippen LogP contribution in [0.2, 0.25) is 0 Å². The zero-order valence-electron chi connectivity index (χ0n) is 18.8. The van der Waals surface area contributed by atoms with Crippen LogP contribution in [0.25, 0.3) is 22.4 Å². The van der Waals surface area contributed by atoms with Crippen molar-refractivity contribution in [2.75, 3.05) is 6.61 Å². The van der Waals surface area contributed by atoms with Gasteiger partial charge in [-0.1, -0.05) is 13.8 Å². The molecular formula is C25H27N3O4. The molecular weight excluding hydrogens is 406 g/mol. The maximum absolute atomic E-state index is 12.6. The fourth-order valence-electron chi connectivity index (χ4n) is 4.96. The van der Waals surface area contributed by atoms with E-state index in [9.17, 15) is 14.7 Å². The van der Waals surface area contributed by atoms with Crippen molar-refractivity contribution in [3.8, 4) is 28.1 Å². The molecule has 0 aliphatic carbocycles. The van der Waals surface area contributed by atoms with Gasteiger partial charge in [-0.05, 0) is 37.8 Å². The summed E-state index contributed by atoms with van der Waals surface area (Å²) in [7, 11) is 0. The van der Waals surface area contributed by atoms with Gasteiger partial charge >= 0.3 is 5.97 Å². The summed E-state index contributed by atoms with van der Waals surface area (Å²) in [4.78, 5) is 24.3. The van der Waals surface area contributed by atoms with E-state index in [1.807, 2.05) is 15.4 Å². The lowest BCUT2D eigenvalue weighted by molar-refractivity contribution is 0.0694. The monoisotopic (exact) mass is 433 g/mol. The van der Waals surface area contributed by atoms with Crippen LogP contribution < -0.4 is 10.2 Å². The average molecular weight is 434 g/mol. The number of pyridine rings is 1. The molecule has 5 rings (SSSR count). The Hall–Kier alpha value is -3.35. The number of carboxylic acid groups (broad SMARTS) is 1. The normalized spacial score (nSPS) is 16.6. The highest BCUT2D eigenvalue weighted by Crippen LogP contribution is 2.48. The number of carboxylic acids is 1. The van der Waals surface area contributed by atoms with Crippen molar-refractivity contribution < 1.29 is 14.6 Å². The second-order valence-electron chi connectivity index (χ2n) is 9.33. The highest BCUT2D eigenvalue weighted by Gasteiger charge is 2.33. The first kappa shape index (κ1) is 20.5. The van der Waals surface area contributed by atoms with Gasteiger partial charge in [0, 0.05) is 59.2 Å². The standard InChI is InChI=1S/C25H27N3O4/c1-13(2)20-8-15-7-18(16-10-26-28(11-16)14(3)4)24-17(5-6-32-24)23(15)21-9-22(29)19(25(30)31)12-27(20)21/h7,9-14,20H,5-6,8H2,1-4H3,(H,30,31). The molecule has 7 nitrogen and oxygen atoms in total. The number of benzene rings is 1. The Morgan fingerprint density at radius 1 is 1.22 bits per heavy atom. The van der Waals surface area contributed by atoms with Crippen LogP contribution in [-0.2, 0) is 12.8 Å². The molecule has 166 valence electrons. The van der Waals surface area contributed by atoms with Crippen LogP contribution in [0.1, 0.15) is 61.3 Å². The second-order valence-corrected chi connectivity index (χ2v) is 9.33. The van der Waals surface area contributed by atoms with E-state index < -0.39 is 11.4 Å². The number of carbonyl (C=O) groups is 1. The molecule has 0 saturated carbocycles. The molecule has 2 aromatic heterocycles. The fourth-order valence-corrected chi connectivity index (χ4v) is 4.96. The van der Waals surface area contributed by atoms with E-state index in [0.717, 1.165) is 46.5 Å². The molecule has 32 heavy (non-hydrogen) atoms. The van der Waals surface area contributed by atoms with E-state index in [-0.39, 0.29) is 23.6 Å². The highest BCUT2D eigenvalue weighted by atomic mass is 16.5. The van der Waals surface area contributed by atoms with Gasteiger partial charge in [0.25, 0.3) is 0 Å². The summed E-state index contributed by atoms with van der Waals surface area (Å²) in [6.45, 7) is 9.03. The van der Waals surface area contributed by atoms with Gasteiger partial charge in [-0.15, -0.1) is 0 Å². The van der Waals surface area contributed by atoms with Crippen molar-refractivity contribution >= 4 is 5.97 Å². The smallest absolute Gasteiger partial charge is 0.341 e. The number of hydrogen-bond donors (Lipinski definition) is 1. The van der Waals surface area contributed by atoms with Gasteiger partial charge in [0.05, 0.1) is 18.5 Å². The topological polar surface area (TPSA) is 86.4 Å². The zero-order chi connectivity index (χ0) is 22.7. The van der Waals surface area contributed by atoms with Gasteiger partial charge in [0.15, 0.2) is 5.43 Å². The van der Waals surface area contributed by atoms with Crippen LogP contribution in [0.5, 0.6) is 5.75 Å². The minimum atomic E-state index is -1.19. The Labute approximate surface area is 186 Å². The fraction of sp³-hybridized carbons (Fsp3) is 0.400. The summed E-state index contributed by atoms with van der Waals surface area (Å²) in [6, 6.07) is 3.99. The maximum Gasteiger partial charge on any atom is 0.341 e. The number of hydrogen-bond acceptors (Lipinski definition) is 4. The third kappa shape index (κ3) is 3.06. The average Bonchev–Trinajstić information content (AvgIpc) is 3.41. The van der Waals surface area contributed by atoms with Crippen LogP contribution >= 0.6 is 0 Å². The molecule has 7 heteroatoms. The maximum atomic E-state index is 12.6. The molecule has 1 N–H and O–H groups in total. The van der Waals surface area contributed by atoms with Crippen LogP contribution in [-0.4, -0.2) is 32.0 Å². The van der Waals surface area contributed by atoms with E-state index >= 15 is 0 Å². The highest BCUT2D eigenvalue weighted by molar-refractivity contribution is 5.88. The van der Waals surface area contributed by atoms with E-state index in [2.05, 4.69) is 45.1 Å². The first-order valence-corrected chi connectivity index (χ1v) is 11.1. The lowest BCUT2D eigenvalue weighted by Gasteiger charge is -2.34. The van der Waals surface area contributed by atoms with Gasteiger partial charge in [-0.3, -0.25) is 9.48 Å². The molecule has 4 heterocycles. The summed E-state index contributed by atoms with van der Waals surface area (Å²) >= 11 is 0. The Morgan fingerprint density at radius 2 is 2.00 bits per heavy atom. The summed E-state index contributed by atoms with van der Waals surface area (Å²) in [5, 5.41) is 14.0. The van der Waals surface area contributed by atoms with Crippen molar-refractivity contribution in [2.45, 2.75) is 52.6 Å². The largest absolute Gasteiger partial charge is 0.492 e. The Kier molecular flexibility index (Phi) is 4.73. The molecule has 3 aromatic rings. The van der Waals surface area contributed by atoms with E-state index in [1.165, 1.54) is 17.8 Å². The molecule has 2 aliphatic heterocycles. The molecule has 0 bridgehead atoms. The lowest BCUT2D eigenvalue weighted by atomic mass is 9.82. The van der Waals surface area contributed by atoms with E-state index in [1.54, 1.807) is 0 Å². The van der Waals surface area contributed by atoms with Crippen molar-refractivity contribution in [3.05, 3.63) is 57.6 Å². The minimum Gasteiger partial charge on any atom is -0.492 e. The van der Waals surface area contributed by atoms with Crippen molar-refractivity contribution in [2.24, 2.45) is 5.92 Å². The number of aromatic carboxylic acids is 1. The van der Waals surface area contributed by atoms with Gasteiger partial charge < -0.3 is 14.4 Å². The third-order valence-corrected chi connectivity index (χ3v) is 6.62. The molecule has 0 amide bonds. The quantitative estimate of drug-likeness (QED) is 0.661. The summed E-state index contributed by atoms with van der Waals surface area (Å²) in [6.07, 6.45) is 6.97. The predicted octanol–water partition coefficient (Wildman–Crippen LogP) is 4.35. The lowest BCUT2D eigenvalue weighted by Crippen LogP contribution is -2.28. The Bertz CT molecular complexity index is 1300. The molecule has 1 aromatic carbocycles. The summed E-state index contributed by atoms with van der Waals surface area (Å²) < 4.78 is 10.0. The molecule has 0 fully saturated rings. The number of rotatable bonds is 4. The van der Waals surface area contributed by atoms with Gasteiger partial charge in [-0.2, -0.15) is 5.10 Å². The number of fused-ring (bicyclic) bond motifs is 5. The Balaban J connectivity index is 1.77. The molecule has 0 radical (unpaired) electrons. The van der Waals surface area contributed by atoms with Crippen LogP contribution in [0.4, 0.5) is 0 Å². The Morgan fingerprint density at radius 3 is 2.66 bits per heavy atom. The first-order valence-electron chi connectivity index (χ1n) is 11.1. The third-order valence-electron chi connectivity index (χ3n) is 6.62. The predicted molar refractivity (Wildman–Crippen MR) is 121 cm³/mol. The molecule has 2 aliphatic rings. The number of nitrogens with zero attached hydrogens (tertiary/aromatic N) is 3. The van der Waals surface area contributed by atoms with E-state index in [4.69, 9.17) is 4.74 Å².